The van der Waals surface area contributed by atoms with Gasteiger partial charge in [-0.3, -0.25) is 4.68 Å². The number of ether oxygens (including phenoxy) is 2. The predicted octanol–water partition coefficient (Wildman–Crippen LogP) is 1.27. The number of nitrogens with zero attached hydrogens (tertiary/aromatic N) is 4. The fourth-order valence-corrected chi connectivity index (χ4v) is 6.15. The Bertz CT molecular complexity index is 1080. The Balaban J connectivity index is 1.22. The summed E-state index contributed by atoms with van der Waals surface area (Å²) in [4.78, 5) is 8.66. The molecule has 2 saturated heterocycles. The van der Waals surface area contributed by atoms with Crippen LogP contribution < -0.4 is 15.4 Å². The van der Waals surface area contributed by atoms with Gasteiger partial charge in [-0.2, -0.15) is 10.1 Å². The first-order valence-corrected chi connectivity index (χ1v) is 12.7. The Morgan fingerprint density at radius 2 is 1.94 bits per heavy atom. The van der Waals surface area contributed by atoms with Gasteiger partial charge >= 0.3 is 0 Å². The molecule has 13 heteroatoms. The third-order valence-corrected chi connectivity index (χ3v) is 7.94. The van der Waals surface area contributed by atoms with Crippen LogP contribution in [0.1, 0.15) is 19.3 Å². The van der Waals surface area contributed by atoms with Crippen molar-refractivity contribution < 1.29 is 17.9 Å². The molecule has 3 aliphatic rings. The summed E-state index contributed by atoms with van der Waals surface area (Å²) in [5.41, 5.74) is 0.751. The lowest BCUT2D eigenvalue weighted by molar-refractivity contribution is 0.0690. The number of aryl methyl sites for hydroxylation is 1. The molecule has 2 aliphatic heterocycles. The molecule has 0 aromatic carbocycles. The van der Waals surface area contributed by atoms with Crippen LogP contribution in [0.15, 0.2) is 18.6 Å². The number of halogens is 1. The van der Waals surface area contributed by atoms with E-state index in [-0.39, 0.29) is 36.5 Å². The van der Waals surface area contributed by atoms with Gasteiger partial charge in [0.05, 0.1) is 49.1 Å². The molecule has 1 aliphatic carbocycles. The van der Waals surface area contributed by atoms with Crippen LogP contribution in [-0.2, 0) is 26.5 Å². The number of nitrogens with one attached hydrogen (secondary N) is 3. The average molecular weight is 484 g/mol. The number of sulfonamides is 1. The molecule has 2 aromatic heterocycles. The lowest BCUT2D eigenvalue weighted by Gasteiger charge is -2.26. The van der Waals surface area contributed by atoms with Crippen molar-refractivity contribution in [1.82, 2.24) is 24.5 Å². The summed E-state index contributed by atoms with van der Waals surface area (Å²) in [6, 6.07) is -0.625. The largest absolute Gasteiger partial charge is 0.371 e. The predicted molar refractivity (Wildman–Crippen MR) is 118 cm³/mol. The molecular weight excluding hydrogens is 458 g/mol. The Labute approximate surface area is 191 Å². The van der Waals surface area contributed by atoms with E-state index in [4.69, 9.17) is 21.1 Å². The van der Waals surface area contributed by atoms with Crippen LogP contribution in [0.25, 0.3) is 0 Å². The summed E-state index contributed by atoms with van der Waals surface area (Å²) in [6.45, 7) is 0.616. The molecule has 11 nitrogen and oxygen atoms in total. The zero-order valence-electron chi connectivity index (χ0n) is 17.6. The zero-order valence-corrected chi connectivity index (χ0v) is 19.1. The summed E-state index contributed by atoms with van der Waals surface area (Å²) in [7, 11) is -1.55. The van der Waals surface area contributed by atoms with Crippen LogP contribution in [0.3, 0.4) is 0 Å². The number of anilines is 3. The van der Waals surface area contributed by atoms with E-state index in [1.807, 2.05) is 7.05 Å². The van der Waals surface area contributed by atoms with E-state index in [2.05, 4.69) is 30.4 Å². The van der Waals surface area contributed by atoms with E-state index >= 15 is 0 Å². The maximum absolute atomic E-state index is 12.5. The van der Waals surface area contributed by atoms with Gasteiger partial charge in [0.15, 0.2) is 5.82 Å². The second kappa shape index (κ2) is 8.75. The van der Waals surface area contributed by atoms with Gasteiger partial charge in [0.25, 0.3) is 0 Å². The zero-order chi connectivity index (χ0) is 22.3. The van der Waals surface area contributed by atoms with Crippen molar-refractivity contribution in [2.75, 3.05) is 29.6 Å². The molecule has 3 N–H and O–H groups in total. The van der Waals surface area contributed by atoms with E-state index in [1.165, 1.54) is 6.20 Å². The molecular formula is C19H26ClN7O4S. The summed E-state index contributed by atoms with van der Waals surface area (Å²) in [5.74, 6) is 1.25. The van der Waals surface area contributed by atoms with Gasteiger partial charge in [-0.25, -0.2) is 18.1 Å². The third kappa shape index (κ3) is 4.69. The fraction of sp³-hybridized carbons (Fsp3) is 0.632. The Morgan fingerprint density at radius 1 is 1.19 bits per heavy atom. The van der Waals surface area contributed by atoms with Crippen LogP contribution in [0, 0.1) is 5.92 Å². The number of hydrogen-bond donors (Lipinski definition) is 3. The molecule has 4 atom stereocenters. The lowest BCUT2D eigenvalue weighted by atomic mass is 9.87. The smallest absolute Gasteiger partial charge is 0.229 e. The molecule has 3 fully saturated rings. The summed E-state index contributed by atoms with van der Waals surface area (Å²) in [5, 5.41) is 10.8. The number of fused-ring (bicyclic) bond motifs is 1. The minimum atomic E-state index is -3.37. The maximum atomic E-state index is 12.5. The number of hydrogen-bond acceptors (Lipinski definition) is 9. The van der Waals surface area contributed by atoms with Gasteiger partial charge in [-0.15, -0.1) is 0 Å². The van der Waals surface area contributed by atoms with Crippen molar-refractivity contribution in [2.45, 2.75) is 43.6 Å². The van der Waals surface area contributed by atoms with Gasteiger partial charge in [0, 0.05) is 13.2 Å². The molecule has 5 rings (SSSR count). The minimum absolute atomic E-state index is 0.172. The van der Waals surface area contributed by atoms with Gasteiger partial charge in [0.1, 0.15) is 17.2 Å². The average Bonchev–Trinajstić information content (AvgIpc) is 3.40. The molecule has 1 saturated carbocycles. The molecule has 0 amide bonds. The first-order valence-electron chi connectivity index (χ1n) is 10.6. The highest BCUT2D eigenvalue weighted by atomic mass is 35.5. The lowest BCUT2D eigenvalue weighted by Crippen LogP contribution is -2.46. The second-order valence-corrected chi connectivity index (χ2v) is 10.8. The van der Waals surface area contributed by atoms with Crippen molar-refractivity contribution >= 4 is 39.1 Å². The molecule has 2 aromatic rings. The van der Waals surface area contributed by atoms with Gasteiger partial charge in [0.2, 0.25) is 16.0 Å². The van der Waals surface area contributed by atoms with E-state index in [9.17, 15) is 8.42 Å². The van der Waals surface area contributed by atoms with Gasteiger partial charge in [-0.05, 0) is 18.8 Å². The monoisotopic (exact) mass is 483 g/mol. The minimum Gasteiger partial charge on any atom is -0.371 e. The van der Waals surface area contributed by atoms with Crippen molar-refractivity contribution in [1.29, 1.82) is 0 Å². The number of aromatic nitrogens is 4. The molecule has 0 radical (unpaired) electrons. The SMILES string of the molecule is Cn1cc(Nc2ncc(Cl)c(N[C@@H]3COC4C3OC[C@@H]4NS(=O)(=O)CC3CCC3)n2)cn1. The summed E-state index contributed by atoms with van der Waals surface area (Å²) in [6.07, 6.45) is 7.37. The molecule has 2 unspecified atom stereocenters. The first kappa shape index (κ1) is 21.8. The highest BCUT2D eigenvalue weighted by molar-refractivity contribution is 7.89. The van der Waals surface area contributed by atoms with Crippen LogP contribution >= 0.6 is 11.6 Å². The van der Waals surface area contributed by atoms with Crippen LogP contribution in [0.2, 0.25) is 5.02 Å². The first-order chi connectivity index (χ1) is 15.4. The molecule has 0 bridgehead atoms. The Hall–Kier alpha value is -1.99. The van der Waals surface area contributed by atoms with Crippen molar-refractivity contribution in [3.8, 4) is 0 Å². The van der Waals surface area contributed by atoms with E-state index in [0.29, 0.717) is 23.4 Å². The molecule has 174 valence electrons. The number of rotatable bonds is 8. The third-order valence-electron chi connectivity index (χ3n) is 6.09. The Morgan fingerprint density at radius 3 is 2.62 bits per heavy atom. The maximum Gasteiger partial charge on any atom is 0.229 e. The van der Waals surface area contributed by atoms with Crippen LogP contribution in [-0.4, -0.2) is 71.4 Å². The topological polar surface area (TPSA) is 132 Å². The quantitative estimate of drug-likeness (QED) is 0.507. The van der Waals surface area contributed by atoms with Crippen LogP contribution in [0.4, 0.5) is 17.5 Å². The molecule has 0 spiro atoms. The highest BCUT2D eigenvalue weighted by Crippen LogP contribution is 2.32. The standard InChI is InChI=1S/C19H26ClN7O4S/c1-27-7-12(5-22-27)23-19-21-6-13(20)18(25-19)24-14-8-30-17-15(9-31-16(14)17)26-32(28,29)10-11-3-2-4-11/h5-7,11,14-17,26H,2-4,8-10H2,1H3,(H2,21,23,24,25)/t14-,15+,16?,17?/m1/s1. The summed E-state index contributed by atoms with van der Waals surface area (Å²) < 4.78 is 41.3. The molecule has 32 heavy (non-hydrogen) atoms. The summed E-state index contributed by atoms with van der Waals surface area (Å²) >= 11 is 6.30. The van der Waals surface area contributed by atoms with Crippen molar-refractivity contribution in [2.24, 2.45) is 13.0 Å². The van der Waals surface area contributed by atoms with Crippen molar-refractivity contribution in [3.63, 3.8) is 0 Å². The van der Waals surface area contributed by atoms with Gasteiger partial charge in [-0.1, -0.05) is 18.0 Å². The fourth-order valence-electron chi connectivity index (χ4n) is 4.29. The normalized spacial score (nSPS) is 27.8. The van der Waals surface area contributed by atoms with E-state index in [1.54, 1.807) is 17.1 Å². The second-order valence-electron chi connectivity index (χ2n) is 8.57. The van der Waals surface area contributed by atoms with E-state index < -0.39 is 16.1 Å². The molecule has 4 heterocycles. The van der Waals surface area contributed by atoms with E-state index in [0.717, 1.165) is 24.9 Å². The Kier molecular flexibility index (Phi) is 5.97. The highest BCUT2D eigenvalue weighted by Gasteiger charge is 2.49. The van der Waals surface area contributed by atoms with Crippen LogP contribution in [0.5, 0.6) is 0 Å². The van der Waals surface area contributed by atoms with Crippen molar-refractivity contribution in [3.05, 3.63) is 23.6 Å². The van der Waals surface area contributed by atoms with Gasteiger partial charge < -0.3 is 20.1 Å².